The van der Waals surface area contributed by atoms with E-state index in [0.717, 1.165) is 51.7 Å². The van der Waals surface area contributed by atoms with Crippen molar-refractivity contribution in [2.45, 2.75) is 26.7 Å². The van der Waals surface area contributed by atoms with E-state index in [0.29, 0.717) is 5.13 Å². The summed E-state index contributed by atoms with van der Waals surface area (Å²) >= 11 is 1.49. The van der Waals surface area contributed by atoms with E-state index in [1.54, 1.807) is 6.20 Å². The molecule has 0 bridgehead atoms. The summed E-state index contributed by atoms with van der Waals surface area (Å²) in [6, 6.07) is 7.95. The van der Waals surface area contributed by atoms with Crippen LogP contribution in [-0.4, -0.2) is 30.6 Å². The number of amides is 1. The maximum Gasteiger partial charge on any atom is 0.223 e. The van der Waals surface area contributed by atoms with E-state index in [2.05, 4.69) is 20.3 Å². The number of anilines is 1. The molecule has 0 aliphatic heterocycles. The maximum absolute atomic E-state index is 11.5. The van der Waals surface area contributed by atoms with Crippen LogP contribution in [0.2, 0.25) is 0 Å². The minimum absolute atomic E-state index is 0.122. The molecule has 0 unspecified atom stereocenters. The SMILES string of the molecule is CC(=O)Nc1nc2c(s1)-c1c(c(-c3cccnc3)nn1-c1ccc(C)nc1)CC2. The summed E-state index contributed by atoms with van der Waals surface area (Å²) in [6.07, 6.45) is 7.07. The Kier molecular flexibility index (Phi) is 4.21. The minimum Gasteiger partial charge on any atom is -0.302 e. The predicted molar refractivity (Wildman–Crippen MR) is 112 cm³/mol. The van der Waals surface area contributed by atoms with Crippen LogP contribution in [0.5, 0.6) is 0 Å². The molecule has 144 valence electrons. The van der Waals surface area contributed by atoms with Gasteiger partial charge in [-0.2, -0.15) is 5.10 Å². The molecule has 29 heavy (non-hydrogen) atoms. The molecule has 4 aromatic rings. The van der Waals surface area contributed by atoms with Crippen molar-refractivity contribution >= 4 is 22.4 Å². The van der Waals surface area contributed by atoms with Crippen molar-refractivity contribution in [1.82, 2.24) is 24.7 Å². The summed E-state index contributed by atoms with van der Waals surface area (Å²) in [5.41, 5.74) is 6.93. The second-order valence-electron chi connectivity index (χ2n) is 6.96. The Bertz CT molecular complexity index is 1210. The van der Waals surface area contributed by atoms with E-state index in [1.807, 2.05) is 48.3 Å². The third-order valence-corrected chi connectivity index (χ3v) is 5.89. The molecule has 1 aliphatic rings. The van der Waals surface area contributed by atoms with Gasteiger partial charge in [-0.15, -0.1) is 0 Å². The van der Waals surface area contributed by atoms with E-state index >= 15 is 0 Å². The van der Waals surface area contributed by atoms with Gasteiger partial charge in [-0.05, 0) is 44.0 Å². The van der Waals surface area contributed by atoms with Crippen molar-refractivity contribution in [3.63, 3.8) is 0 Å². The second-order valence-corrected chi connectivity index (χ2v) is 7.96. The van der Waals surface area contributed by atoms with Crippen molar-refractivity contribution < 1.29 is 4.79 Å². The Morgan fingerprint density at radius 2 is 2.10 bits per heavy atom. The lowest BCUT2D eigenvalue weighted by molar-refractivity contribution is -0.114. The third-order valence-electron chi connectivity index (χ3n) is 4.87. The van der Waals surface area contributed by atoms with Gasteiger partial charge < -0.3 is 5.32 Å². The summed E-state index contributed by atoms with van der Waals surface area (Å²) in [4.78, 5) is 25.9. The van der Waals surface area contributed by atoms with Crippen LogP contribution in [-0.2, 0) is 17.6 Å². The van der Waals surface area contributed by atoms with Gasteiger partial charge >= 0.3 is 0 Å². The van der Waals surface area contributed by atoms with Crippen molar-refractivity contribution in [3.05, 3.63) is 59.8 Å². The molecule has 1 N–H and O–H groups in total. The fourth-order valence-electron chi connectivity index (χ4n) is 3.58. The van der Waals surface area contributed by atoms with Gasteiger partial charge in [-0.3, -0.25) is 14.8 Å². The van der Waals surface area contributed by atoms with Gasteiger partial charge in [0.25, 0.3) is 0 Å². The number of hydrogen-bond donors (Lipinski definition) is 1. The van der Waals surface area contributed by atoms with Gasteiger partial charge in [0.1, 0.15) is 0 Å². The van der Waals surface area contributed by atoms with E-state index in [1.165, 1.54) is 23.8 Å². The Morgan fingerprint density at radius 3 is 2.83 bits per heavy atom. The molecular weight excluding hydrogens is 384 g/mol. The molecule has 0 aromatic carbocycles. The lowest BCUT2D eigenvalue weighted by atomic mass is 9.95. The average molecular weight is 402 g/mol. The zero-order valence-corrected chi connectivity index (χ0v) is 16.8. The number of carbonyl (C=O) groups is 1. The first-order valence-electron chi connectivity index (χ1n) is 9.33. The van der Waals surface area contributed by atoms with Gasteiger partial charge in [0.2, 0.25) is 5.91 Å². The van der Waals surface area contributed by atoms with E-state index in [-0.39, 0.29) is 5.91 Å². The number of fused-ring (bicyclic) bond motifs is 3. The molecular formula is C21H18N6OS. The normalized spacial score (nSPS) is 12.3. The van der Waals surface area contributed by atoms with Crippen molar-refractivity contribution in [1.29, 1.82) is 0 Å². The number of hydrogen-bond acceptors (Lipinski definition) is 6. The number of pyridine rings is 2. The quantitative estimate of drug-likeness (QED) is 0.563. The highest BCUT2D eigenvalue weighted by Crippen LogP contribution is 2.43. The Labute approximate surface area is 171 Å². The molecule has 4 aromatic heterocycles. The number of thiazole rings is 1. The van der Waals surface area contributed by atoms with Crippen LogP contribution >= 0.6 is 11.3 Å². The largest absolute Gasteiger partial charge is 0.302 e. The number of aromatic nitrogens is 5. The van der Waals surface area contributed by atoms with Crippen molar-refractivity contribution in [3.8, 4) is 27.5 Å². The zero-order valence-electron chi connectivity index (χ0n) is 16.0. The molecule has 0 radical (unpaired) electrons. The third kappa shape index (κ3) is 3.11. The Morgan fingerprint density at radius 1 is 1.21 bits per heavy atom. The number of nitrogens with one attached hydrogen (secondary N) is 1. The first-order chi connectivity index (χ1) is 14.1. The zero-order chi connectivity index (χ0) is 20.0. The van der Waals surface area contributed by atoms with E-state index < -0.39 is 0 Å². The van der Waals surface area contributed by atoms with Crippen LogP contribution < -0.4 is 5.32 Å². The lowest BCUT2D eigenvalue weighted by Crippen LogP contribution is -2.07. The van der Waals surface area contributed by atoms with E-state index in [4.69, 9.17) is 5.10 Å². The first kappa shape index (κ1) is 17.7. The molecule has 0 saturated heterocycles. The smallest absolute Gasteiger partial charge is 0.223 e. The van der Waals surface area contributed by atoms with Gasteiger partial charge in [0.15, 0.2) is 5.13 Å². The summed E-state index contributed by atoms with van der Waals surface area (Å²) < 4.78 is 1.94. The number of aryl methyl sites for hydroxylation is 2. The fraction of sp³-hybridized carbons (Fsp3) is 0.190. The minimum atomic E-state index is -0.122. The van der Waals surface area contributed by atoms with Crippen molar-refractivity contribution in [2.75, 3.05) is 5.32 Å². The van der Waals surface area contributed by atoms with Gasteiger partial charge in [-0.1, -0.05) is 11.3 Å². The molecule has 1 amide bonds. The molecule has 1 aliphatic carbocycles. The van der Waals surface area contributed by atoms with Crippen molar-refractivity contribution in [2.24, 2.45) is 0 Å². The van der Waals surface area contributed by atoms with Crippen LogP contribution in [0.1, 0.15) is 23.9 Å². The van der Waals surface area contributed by atoms with Crippen LogP contribution in [0.4, 0.5) is 5.13 Å². The maximum atomic E-state index is 11.5. The molecule has 0 spiro atoms. The summed E-state index contributed by atoms with van der Waals surface area (Å²) in [7, 11) is 0. The van der Waals surface area contributed by atoms with Crippen LogP contribution in [0.15, 0.2) is 42.9 Å². The van der Waals surface area contributed by atoms with Gasteiger partial charge in [0.05, 0.1) is 33.8 Å². The highest BCUT2D eigenvalue weighted by molar-refractivity contribution is 7.19. The number of rotatable bonds is 3. The molecule has 8 heteroatoms. The van der Waals surface area contributed by atoms with Crippen LogP contribution in [0.3, 0.4) is 0 Å². The molecule has 7 nitrogen and oxygen atoms in total. The van der Waals surface area contributed by atoms with Gasteiger partial charge in [0, 0.05) is 36.1 Å². The average Bonchev–Trinajstić information content (AvgIpc) is 3.29. The number of carbonyl (C=O) groups excluding carboxylic acids is 1. The monoisotopic (exact) mass is 402 g/mol. The topological polar surface area (TPSA) is 85.6 Å². The Hall–Kier alpha value is -3.39. The summed E-state index contributed by atoms with van der Waals surface area (Å²) in [5, 5.41) is 8.39. The highest BCUT2D eigenvalue weighted by Gasteiger charge is 2.30. The van der Waals surface area contributed by atoms with E-state index in [9.17, 15) is 4.79 Å². The standard InChI is InChI=1S/C21H18N6OS/c1-12-5-6-15(11-23-12)27-19-16(18(26-27)14-4-3-9-22-10-14)7-8-17-20(19)29-21(25-17)24-13(2)28/h3-6,9-11H,7-8H2,1-2H3,(H,24,25,28). The predicted octanol–water partition coefficient (Wildman–Crippen LogP) is 3.82. The van der Waals surface area contributed by atoms with Crippen LogP contribution in [0.25, 0.3) is 27.5 Å². The molecule has 0 fully saturated rings. The number of nitrogens with zero attached hydrogens (tertiary/aromatic N) is 5. The van der Waals surface area contributed by atoms with Crippen LogP contribution in [0, 0.1) is 6.92 Å². The molecule has 5 rings (SSSR count). The molecule has 4 heterocycles. The fourth-order valence-corrected chi connectivity index (χ4v) is 4.70. The summed E-state index contributed by atoms with van der Waals surface area (Å²) in [6.45, 7) is 3.46. The first-order valence-corrected chi connectivity index (χ1v) is 10.1. The second kappa shape index (κ2) is 6.89. The highest BCUT2D eigenvalue weighted by atomic mass is 32.1. The van der Waals surface area contributed by atoms with Gasteiger partial charge in [-0.25, -0.2) is 9.67 Å². The lowest BCUT2D eigenvalue weighted by Gasteiger charge is -2.14. The Balaban J connectivity index is 1.74. The molecule has 0 saturated carbocycles. The molecule has 0 atom stereocenters. The summed E-state index contributed by atoms with van der Waals surface area (Å²) in [5.74, 6) is -0.122.